The van der Waals surface area contributed by atoms with Crippen LogP contribution in [-0.4, -0.2) is 34.6 Å². The van der Waals surface area contributed by atoms with Crippen LogP contribution in [0.4, 0.5) is 26.3 Å². The molecule has 0 bridgehead atoms. The van der Waals surface area contributed by atoms with Crippen LogP contribution in [0.5, 0.6) is 0 Å². The Kier molecular flexibility index (Phi) is 4.39. The number of rotatable bonds is 5. The molecule has 1 N–H and O–H groups in total. The van der Waals surface area contributed by atoms with Crippen LogP contribution in [0.1, 0.15) is 34.1 Å². The summed E-state index contributed by atoms with van der Waals surface area (Å²) in [4.78, 5) is 9.62. The van der Waals surface area contributed by atoms with E-state index in [1.807, 2.05) is 0 Å². The molecule has 0 saturated heterocycles. The van der Waals surface area contributed by atoms with Gasteiger partial charge in [0.05, 0.1) is 11.5 Å². The Labute approximate surface area is 123 Å². The smallest absolute Gasteiger partial charge is 0.467 e. The highest BCUT2D eigenvalue weighted by molar-refractivity contribution is 5.73. The number of aliphatic carboxylic acids is 1. The molecule has 1 atom stereocenters. The van der Waals surface area contributed by atoms with Gasteiger partial charge in [0, 0.05) is 0 Å². The van der Waals surface area contributed by atoms with Gasteiger partial charge in [-0.2, -0.15) is 26.3 Å². The summed E-state index contributed by atoms with van der Waals surface area (Å²) in [7, 11) is 0. The number of hydrogen-bond acceptors (Lipinski definition) is 2. The molecular formula is C13H17F6NO2. The summed E-state index contributed by atoms with van der Waals surface area (Å²) in [6.07, 6.45) is -10.3. The first-order valence-electron chi connectivity index (χ1n) is 6.38. The van der Waals surface area contributed by atoms with Crippen molar-refractivity contribution in [3.05, 3.63) is 11.6 Å². The molecule has 1 unspecified atom stereocenters. The van der Waals surface area contributed by atoms with Gasteiger partial charge in [-0.1, -0.05) is 19.9 Å². The lowest BCUT2D eigenvalue weighted by Crippen LogP contribution is -2.51. The summed E-state index contributed by atoms with van der Waals surface area (Å²) in [5, 5.41) is 9.05. The molecule has 3 nitrogen and oxygen atoms in total. The topological polar surface area (TPSA) is 40.5 Å². The molecule has 0 aromatic carbocycles. The molecule has 0 aromatic rings. The van der Waals surface area contributed by atoms with E-state index in [9.17, 15) is 31.1 Å². The van der Waals surface area contributed by atoms with Gasteiger partial charge in [0.2, 0.25) is 0 Å². The van der Waals surface area contributed by atoms with Crippen LogP contribution in [0.25, 0.3) is 0 Å². The second-order valence-electron chi connectivity index (χ2n) is 6.62. The molecule has 1 aliphatic rings. The highest BCUT2D eigenvalue weighted by atomic mass is 19.4. The maximum Gasteiger partial charge on any atom is 0.467 e. The Hall–Kier alpha value is -1.25. The molecule has 9 heteroatoms. The lowest BCUT2D eigenvalue weighted by atomic mass is 9.73. The third-order valence-corrected chi connectivity index (χ3v) is 3.62. The zero-order chi connectivity index (χ0) is 17.7. The van der Waals surface area contributed by atoms with Gasteiger partial charge in [0.25, 0.3) is 0 Å². The average molecular weight is 333 g/mol. The molecule has 22 heavy (non-hydrogen) atoms. The molecule has 1 aliphatic carbocycles. The van der Waals surface area contributed by atoms with E-state index in [0.29, 0.717) is 0 Å². The molecule has 0 aliphatic heterocycles. The van der Waals surface area contributed by atoms with Crippen LogP contribution in [-0.2, 0) is 4.79 Å². The van der Waals surface area contributed by atoms with Gasteiger partial charge < -0.3 is 5.11 Å². The summed E-state index contributed by atoms with van der Waals surface area (Å²) >= 11 is 0. The van der Waals surface area contributed by atoms with Crippen molar-refractivity contribution in [1.82, 2.24) is 4.90 Å². The monoisotopic (exact) mass is 333 g/mol. The Morgan fingerprint density at radius 3 is 1.82 bits per heavy atom. The van der Waals surface area contributed by atoms with E-state index >= 15 is 0 Å². The second kappa shape index (κ2) is 5.14. The molecule has 0 spiro atoms. The third-order valence-electron chi connectivity index (χ3n) is 3.62. The maximum absolute atomic E-state index is 12.6. The highest BCUT2D eigenvalue weighted by Gasteiger charge is 2.62. The molecular weight excluding hydrogens is 316 g/mol. The van der Waals surface area contributed by atoms with Crippen LogP contribution in [0, 0.1) is 10.8 Å². The van der Waals surface area contributed by atoms with Gasteiger partial charge in [0.15, 0.2) is 0 Å². The number of carboxylic acid groups (broad SMARTS) is 1. The maximum atomic E-state index is 12.6. The fourth-order valence-corrected chi connectivity index (χ4v) is 2.70. The summed E-state index contributed by atoms with van der Waals surface area (Å²) in [6, 6.07) is -1.90. The van der Waals surface area contributed by atoms with E-state index in [1.165, 1.54) is 27.7 Å². The minimum atomic E-state index is -5.56. The molecule has 0 radical (unpaired) electrons. The van der Waals surface area contributed by atoms with Crippen molar-refractivity contribution in [2.75, 3.05) is 0 Å². The van der Waals surface area contributed by atoms with Gasteiger partial charge in [-0.15, -0.1) is 4.90 Å². The fraction of sp³-hybridized carbons (Fsp3) is 0.769. The third kappa shape index (κ3) is 3.93. The molecule has 0 fully saturated rings. The van der Waals surface area contributed by atoms with E-state index < -0.39 is 40.3 Å². The number of hydrogen-bond donors (Lipinski definition) is 1. The van der Waals surface area contributed by atoms with Gasteiger partial charge in [-0.05, 0) is 31.3 Å². The first-order chi connectivity index (χ1) is 9.50. The highest BCUT2D eigenvalue weighted by Crippen LogP contribution is 2.52. The average Bonchev–Trinajstić information content (AvgIpc) is 2.90. The van der Waals surface area contributed by atoms with Crippen molar-refractivity contribution in [3.8, 4) is 0 Å². The van der Waals surface area contributed by atoms with Crippen LogP contribution in [0.2, 0.25) is 0 Å². The van der Waals surface area contributed by atoms with Gasteiger partial charge in [-0.3, -0.25) is 4.79 Å². The van der Waals surface area contributed by atoms with Gasteiger partial charge in [0.1, 0.15) is 0 Å². The van der Waals surface area contributed by atoms with Crippen LogP contribution in [0.15, 0.2) is 11.6 Å². The minimum Gasteiger partial charge on any atom is -0.481 e. The number of nitrogens with zero attached hydrogens (tertiary/aromatic N) is 1. The van der Waals surface area contributed by atoms with Crippen molar-refractivity contribution < 1.29 is 36.2 Å². The Morgan fingerprint density at radius 2 is 1.50 bits per heavy atom. The number of halogens is 6. The zero-order valence-electron chi connectivity index (χ0n) is 12.4. The standard InChI is InChI=1S/C13H17F6NO2/c1-10(2,6-11(3,4)9(21)22)7-5-8(7)20(12(14,15)16)13(17,18)19/h5,8H,6H2,1-4H3,(H,21,22). The molecule has 1 rings (SSSR count). The van der Waals surface area contributed by atoms with E-state index in [2.05, 4.69) is 0 Å². The van der Waals surface area contributed by atoms with Gasteiger partial charge >= 0.3 is 18.6 Å². The quantitative estimate of drug-likeness (QED) is 0.466. The Bertz CT molecular complexity index is 476. The Balaban J connectivity index is 2.94. The van der Waals surface area contributed by atoms with Crippen LogP contribution < -0.4 is 0 Å². The van der Waals surface area contributed by atoms with E-state index in [0.717, 1.165) is 6.08 Å². The first kappa shape index (κ1) is 18.8. The lowest BCUT2D eigenvalue weighted by molar-refractivity contribution is -0.375. The van der Waals surface area contributed by atoms with Crippen LogP contribution >= 0.6 is 0 Å². The number of carbonyl (C=O) groups is 1. The number of carboxylic acids is 1. The summed E-state index contributed by atoms with van der Waals surface area (Å²) in [5.74, 6) is -1.16. The summed E-state index contributed by atoms with van der Waals surface area (Å²) in [6.45, 7) is 5.63. The molecule has 0 aromatic heterocycles. The zero-order valence-corrected chi connectivity index (χ0v) is 12.4. The lowest BCUT2D eigenvalue weighted by Gasteiger charge is -2.34. The van der Waals surface area contributed by atoms with Gasteiger partial charge in [-0.25, -0.2) is 0 Å². The van der Waals surface area contributed by atoms with Crippen molar-refractivity contribution in [1.29, 1.82) is 0 Å². The Morgan fingerprint density at radius 1 is 1.09 bits per heavy atom. The predicted octanol–water partition coefficient (Wildman–Crippen LogP) is 4.16. The summed E-state index contributed by atoms with van der Waals surface area (Å²) in [5.41, 5.74) is -2.42. The molecule has 0 heterocycles. The van der Waals surface area contributed by atoms with Crippen molar-refractivity contribution in [2.24, 2.45) is 10.8 Å². The summed E-state index contributed by atoms with van der Waals surface area (Å²) < 4.78 is 75.7. The van der Waals surface area contributed by atoms with Crippen molar-refractivity contribution in [3.63, 3.8) is 0 Å². The number of alkyl halides is 6. The normalized spacial score (nSPS) is 20.1. The molecule has 128 valence electrons. The van der Waals surface area contributed by atoms with Crippen LogP contribution in [0.3, 0.4) is 0 Å². The largest absolute Gasteiger partial charge is 0.481 e. The van der Waals surface area contributed by atoms with E-state index in [-0.39, 0.29) is 12.0 Å². The fourth-order valence-electron chi connectivity index (χ4n) is 2.70. The second-order valence-corrected chi connectivity index (χ2v) is 6.62. The van der Waals surface area contributed by atoms with E-state index in [4.69, 9.17) is 5.11 Å². The molecule has 0 amide bonds. The molecule has 0 saturated carbocycles. The van der Waals surface area contributed by atoms with Crippen molar-refractivity contribution in [2.45, 2.75) is 52.8 Å². The van der Waals surface area contributed by atoms with E-state index in [1.54, 1.807) is 0 Å². The predicted molar refractivity (Wildman–Crippen MR) is 65.6 cm³/mol. The minimum absolute atomic E-state index is 0.0588. The first-order valence-corrected chi connectivity index (χ1v) is 6.38. The van der Waals surface area contributed by atoms with Crippen molar-refractivity contribution >= 4 is 5.97 Å². The SMILES string of the molecule is CC(C)(CC(C)(C)C1=CC1N(C(F)(F)F)C(F)(F)F)C(=O)O.